The predicted octanol–water partition coefficient (Wildman–Crippen LogP) is 14.1. The van der Waals surface area contributed by atoms with Crippen LogP contribution in [0.15, 0.2) is 243 Å². The molecule has 2 spiro atoms. The third-order valence-electron chi connectivity index (χ3n) is 13.9. The van der Waals surface area contributed by atoms with Crippen molar-refractivity contribution in [2.45, 2.75) is 25.9 Å². The second-order valence-electron chi connectivity index (χ2n) is 18.6. The lowest BCUT2D eigenvalue weighted by Crippen LogP contribution is -2.62. The van der Waals surface area contributed by atoms with Crippen LogP contribution in [0.4, 0.5) is 22.7 Å². The van der Waals surface area contributed by atoms with Gasteiger partial charge < -0.3 is 18.9 Å². The molecule has 8 heteroatoms. The highest BCUT2D eigenvalue weighted by Gasteiger charge is 2.68. The first-order valence-corrected chi connectivity index (χ1v) is 24.9. The van der Waals surface area contributed by atoms with Crippen LogP contribution in [0, 0.1) is 13.8 Å². The third kappa shape index (κ3) is 7.54. The van der Waals surface area contributed by atoms with Crippen molar-refractivity contribution in [1.29, 1.82) is 0 Å². The minimum absolute atomic E-state index is 0.775. The van der Waals surface area contributed by atoms with Gasteiger partial charge in [-0.1, -0.05) is 188 Å². The van der Waals surface area contributed by atoms with E-state index in [1.807, 2.05) is 103 Å². The quantitative estimate of drug-likeness (QED) is 0.161. The molecule has 0 aromatic heterocycles. The number of para-hydroxylation sites is 7. The smallest absolute Gasteiger partial charge is 0.340 e. The molecule has 0 radical (unpaired) electrons. The molecule has 0 unspecified atom stereocenters. The lowest BCUT2D eigenvalue weighted by molar-refractivity contribution is -0.856. The molecule has 2 atom stereocenters. The highest BCUT2D eigenvalue weighted by molar-refractivity contribution is 5.97. The molecule has 354 valence electrons. The zero-order valence-electron chi connectivity index (χ0n) is 40.8. The Morgan fingerprint density at radius 2 is 0.635 bits per heavy atom. The van der Waals surface area contributed by atoms with Crippen molar-refractivity contribution in [3.05, 3.63) is 276 Å². The number of fused-ring (bicyclic) bond motifs is 6. The topological polar surface area (TPSA) is 49.0 Å². The van der Waals surface area contributed by atoms with Gasteiger partial charge in [0.15, 0.2) is 47.9 Å². The fourth-order valence-corrected chi connectivity index (χ4v) is 10.3. The summed E-state index contributed by atoms with van der Waals surface area (Å²) in [4.78, 5) is 0. The third-order valence-corrected chi connectivity index (χ3v) is 13.9. The van der Waals surface area contributed by atoms with E-state index in [2.05, 4.69) is 197 Å². The summed E-state index contributed by atoms with van der Waals surface area (Å²) in [5.74, 6) is 3.18. The van der Waals surface area contributed by atoms with Crippen LogP contribution >= 0.6 is 0 Å². The van der Waals surface area contributed by atoms with Gasteiger partial charge in [0, 0.05) is 59.5 Å². The fourth-order valence-electron chi connectivity index (χ4n) is 10.3. The summed E-state index contributed by atoms with van der Waals surface area (Å²) in [5, 5.41) is 2.17. The molecule has 0 saturated heterocycles. The van der Waals surface area contributed by atoms with Gasteiger partial charge in [-0.05, 0) is 60.2 Å². The highest BCUT2D eigenvalue weighted by Crippen LogP contribution is 2.46. The molecule has 0 fully saturated rings. The van der Waals surface area contributed by atoms with Gasteiger partial charge in [0.25, 0.3) is 0 Å². The van der Waals surface area contributed by atoms with E-state index >= 15 is 0 Å². The number of aryl methyl sites for hydroxylation is 2. The number of ether oxygens (including phenoxy) is 4. The van der Waals surface area contributed by atoms with Crippen molar-refractivity contribution in [3.63, 3.8) is 0 Å². The van der Waals surface area contributed by atoms with Gasteiger partial charge in [-0.3, -0.25) is 0 Å². The number of nitrogens with zero attached hydrogens (tertiary/aromatic N) is 4. The molecule has 10 aromatic carbocycles. The van der Waals surface area contributed by atoms with Gasteiger partial charge in [0.05, 0.1) is 22.3 Å². The van der Waals surface area contributed by atoms with Crippen molar-refractivity contribution in [2.75, 3.05) is 0 Å². The monoisotopic (exact) mass is 962 g/mol. The molecule has 0 amide bonds. The van der Waals surface area contributed by atoms with E-state index in [1.54, 1.807) is 0 Å². The van der Waals surface area contributed by atoms with Crippen molar-refractivity contribution in [2.24, 2.45) is 0 Å². The van der Waals surface area contributed by atoms with E-state index in [4.69, 9.17) is 18.9 Å². The van der Waals surface area contributed by atoms with Crippen LogP contribution in [-0.4, -0.2) is 55.2 Å². The number of hydrogen-bond acceptors (Lipinski definition) is 4. The number of hydrogen-bond donors (Lipinski definition) is 0. The van der Waals surface area contributed by atoms with Crippen LogP contribution in [-0.2, 0) is 0 Å². The van der Waals surface area contributed by atoms with Crippen LogP contribution in [0.2, 0.25) is 0 Å². The molecule has 4 heterocycles. The molecule has 0 N–H and O–H groups in total. The standard InChI is InChI=1S/C34H26N2O2.C32H24N2O2/c1-25-13-11-16-27-23-35(29-18-7-3-8-19-29)34(37-32(25)27)36(30-20-9-4-10-21-30)24-28-17-12-22-31(33(28)38-34)26-14-5-2-6-15-26;1-23-11-10-13-25-21-33(27-14-4-2-5-15-27)32(35-30(23)25)34(28-16-6-3-7-17-28)22-26-20-19-24-12-8-9-18-29(24)31(26)36-32/h2-24H,1H3;2-22H,1H3/q2*+2/t34-;32-/m00/s1. The second kappa shape index (κ2) is 18.2. The van der Waals surface area contributed by atoms with Crippen molar-refractivity contribution in [1.82, 2.24) is 0 Å². The first-order chi connectivity index (χ1) is 36.5. The Morgan fingerprint density at radius 1 is 0.284 bits per heavy atom. The van der Waals surface area contributed by atoms with Gasteiger partial charge in [0.1, 0.15) is 0 Å². The predicted molar refractivity (Wildman–Crippen MR) is 292 cm³/mol. The summed E-state index contributed by atoms with van der Waals surface area (Å²) >= 11 is 0. The Labute approximate surface area is 429 Å². The maximum absolute atomic E-state index is 7.16. The molecule has 10 aromatic rings. The first kappa shape index (κ1) is 44.3. The Hall–Kier alpha value is -9.66. The molecule has 0 saturated carbocycles. The van der Waals surface area contributed by atoms with Gasteiger partial charge in [-0.2, -0.15) is 0 Å². The SMILES string of the molecule is Cc1cccc2c1O[C@]1(Oc3c(ccc4ccccc34)C=[N+]1c1ccccc1)[N+](c1ccccc1)=C2.Cc1cccc2c1O[C@]1(Oc3c(cccc3-c3ccccc3)C=[N+]1c1ccccc1)[N+](c1ccccc1)=C2. The van der Waals surface area contributed by atoms with Crippen molar-refractivity contribution < 1.29 is 37.2 Å². The van der Waals surface area contributed by atoms with E-state index < -0.39 is 12.1 Å². The van der Waals surface area contributed by atoms with Crippen molar-refractivity contribution in [3.8, 4) is 34.1 Å². The van der Waals surface area contributed by atoms with Crippen LogP contribution in [0.3, 0.4) is 0 Å². The normalized spacial score (nSPS) is 17.6. The van der Waals surface area contributed by atoms with E-state index in [-0.39, 0.29) is 0 Å². The van der Waals surface area contributed by atoms with Gasteiger partial charge in [0.2, 0.25) is 22.7 Å². The molecule has 74 heavy (non-hydrogen) atoms. The second-order valence-corrected chi connectivity index (χ2v) is 18.6. The maximum atomic E-state index is 7.16. The molecule has 14 rings (SSSR count). The van der Waals surface area contributed by atoms with Gasteiger partial charge >= 0.3 is 12.1 Å². The zero-order chi connectivity index (χ0) is 49.6. The largest absolute Gasteiger partial charge is 0.714 e. The van der Waals surface area contributed by atoms with Gasteiger partial charge in [-0.25, -0.2) is 0 Å². The Bertz CT molecular complexity index is 3920. The molecule has 8 nitrogen and oxygen atoms in total. The summed E-state index contributed by atoms with van der Waals surface area (Å²) < 4.78 is 36.6. The van der Waals surface area contributed by atoms with E-state index in [1.165, 1.54) is 0 Å². The van der Waals surface area contributed by atoms with E-state index in [9.17, 15) is 0 Å². The minimum atomic E-state index is -1.35. The number of benzene rings is 10. The molecule has 4 aliphatic heterocycles. The summed E-state index contributed by atoms with van der Waals surface area (Å²) in [5.41, 5.74) is 12.0. The summed E-state index contributed by atoms with van der Waals surface area (Å²) in [6.45, 7) is 4.14. The minimum Gasteiger partial charge on any atom is -0.340 e. The molecule has 0 bridgehead atoms. The van der Waals surface area contributed by atoms with Crippen LogP contribution in [0.1, 0.15) is 33.4 Å². The van der Waals surface area contributed by atoms with Crippen LogP contribution in [0.5, 0.6) is 23.0 Å². The van der Waals surface area contributed by atoms with Gasteiger partial charge in [-0.15, -0.1) is 0 Å². The maximum Gasteiger partial charge on any atom is 0.714 e. The summed E-state index contributed by atoms with van der Waals surface area (Å²) in [6.07, 6.45) is 8.52. The van der Waals surface area contributed by atoms with Crippen LogP contribution in [0.25, 0.3) is 21.9 Å². The Morgan fingerprint density at radius 3 is 1.09 bits per heavy atom. The lowest BCUT2D eigenvalue weighted by Gasteiger charge is -2.32. The van der Waals surface area contributed by atoms with Crippen LogP contribution < -0.4 is 18.9 Å². The molecular formula is C66H50N4O4+4. The number of rotatable bonds is 5. The molecule has 0 aliphatic carbocycles. The highest BCUT2D eigenvalue weighted by atomic mass is 16.8. The molecule has 4 aliphatic rings. The fraction of sp³-hybridized carbons (Fsp3) is 0.0606. The molecular weight excluding hydrogens is 913 g/mol. The lowest BCUT2D eigenvalue weighted by atomic mass is 10.0. The Kier molecular flexibility index (Phi) is 10.9. The van der Waals surface area contributed by atoms with E-state index in [0.29, 0.717) is 0 Å². The average Bonchev–Trinajstić information content (AvgIpc) is 3.46. The first-order valence-electron chi connectivity index (χ1n) is 24.9. The van der Waals surface area contributed by atoms with E-state index in [0.717, 1.165) is 101 Å². The Balaban J connectivity index is 0.000000143. The zero-order valence-corrected chi connectivity index (χ0v) is 40.8. The summed E-state index contributed by atoms with van der Waals surface area (Å²) in [7, 11) is 0. The average molecular weight is 963 g/mol. The summed E-state index contributed by atoms with van der Waals surface area (Å²) in [6, 6.07) is 79.9. The van der Waals surface area contributed by atoms with Crippen molar-refractivity contribution >= 4 is 58.4 Å².